The van der Waals surface area contributed by atoms with Crippen molar-refractivity contribution in [1.29, 1.82) is 0 Å². The van der Waals surface area contributed by atoms with E-state index in [2.05, 4.69) is 15.3 Å². The third-order valence-electron chi connectivity index (χ3n) is 4.96. The van der Waals surface area contributed by atoms with Crippen molar-refractivity contribution in [3.63, 3.8) is 0 Å². The van der Waals surface area contributed by atoms with Gasteiger partial charge in [0.25, 0.3) is 0 Å². The summed E-state index contributed by atoms with van der Waals surface area (Å²) in [6.45, 7) is 1.39. The van der Waals surface area contributed by atoms with Crippen molar-refractivity contribution < 1.29 is 14.3 Å². The Morgan fingerprint density at radius 2 is 1.69 bits per heavy atom. The highest BCUT2D eigenvalue weighted by Gasteiger charge is 2.39. The van der Waals surface area contributed by atoms with Gasteiger partial charge in [-0.05, 0) is 41.0 Å². The van der Waals surface area contributed by atoms with E-state index in [0.717, 1.165) is 11.1 Å². The molecule has 3 heterocycles. The first-order valence-corrected chi connectivity index (χ1v) is 9.40. The van der Waals surface area contributed by atoms with Gasteiger partial charge in [-0.15, -0.1) is 0 Å². The first kappa shape index (κ1) is 18.9. The summed E-state index contributed by atoms with van der Waals surface area (Å²) in [5.41, 5.74) is 7.37. The normalized spacial score (nSPS) is 14.8. The molecule has 1 aliphatic rings. The van der Waals surface area contributed by atoms with E-state index in [0.29, 0.717) is 43.2 Å². The molecule has 0 aliphatic carbocycles. The van der Waals surface area contributed by atoms with Crippen molar-refractivity contribution in [2.24, 2.45) is 5.73 Å². The molecule has 4 rings (SSSR count). The molecule has 0 spiro atoms. The minimum atomic E-state index is -1.16. The Kier molecular flexibility index (Phi) is 5.39. The molecule has 0 bridgehead atoms. The van der Waals surface area contributed by atoms with E-state index >= 15 is 0 Å². The number of hydrogen-bond donors (Lipinski definition) is 2. The van der Waals surface area contributed by atoms with E-state index in [1.165, 1.54) is 0 Å². The molecule has 1 amide bonds. The van der Waals surface area contributed by atoms with E-state index in [1.54, 1.807) is 24.8 Å². The van der Waals surface area contributed by atoms with Crippen molar-refractivity contribution in [3.05, 3.63) is 83.9 Å². The average Bonchev–Trinajstić information content (AvgIpc) is 2.77. The minimum Gasteiger partial charge on any atom is -0.486 e. The summed E-state index contributed by atoms with van der Waals surface area (Å²) in [6.07, 6.45) is 7.24. The number of carbonyl (C=O) groups is 1. The van der Waals surface area contributed by atoms with E-state index in [1.807, 2.05) is 42.5 Å². The van der Waals surface area contributed by atoms with Crippen LogP contribution >= 0.6 is 0 Å². The molecule has 0 saturated heterocycles. The number of primary amides is 1. The Balaban J connectivity index is 1.74. The number of amides is 1. The third kappa shape index (κ3) is 4.05. The maximum Gasteiger partial charge on any atom is 0.242 e. The lowest BCUT2D eigenvalue weighted by Crippen LogP contribution is -2.54. The Morgan fingerprint density at radius 3 is 2.34 bits per heavy atom. The van der Waals surface area contributed by atoms with Crippen molar-refractivity contribution in [2.45, 2.75) is 18.5 Å². The summed E-state index contributed by atoms with van der Waals surface area (Å²) in [5, 5.41) is 3.38. The molecule has 0 radical (unpaired) electrons. The molecular formula is C22H22N4O3. The van der Waals surface area contributed by atoms with Crippen LogP contribution in [-0.4, -0.2) is 29.1 Å². The van der Waals surface area contributed by atoms with Gasteiger partial charge in [-0.1, -0.05) is 18.2 Å². The van der Waals surface area contributed by atoms with Crippen molar-refractivity contribution in [2.75, 3.05) is 13.2 Å². The van der Waals surface area contributed by atoms with Gasteiger partial charge in [0.2, 0.25) is 5.91 Å². The Bertz CT molecular complexity index is 982. The molecule has 0 saturated carbocycles. The molecule has 3 N–H and O–H groups in total. The van der Waals surface area contributed by atoms with Gasteiger partial charge >= 0.3 is 0 Å². The molecule has 0 fully saturated rings. The van der Waals surface area contributed by atoms with Crippen LogP contribution in [0.5, 0.6) is 11.5 Å². The number of pyridine rings is 2. The lowest BCUT2D eigenvalue weighted by Gasteiger charge is -2.33. The number of benzene rings is 1. The minimum absolute atomic E-state index is 0.343. The van der Waals surface area contributed by atoms with Gasteiger partial charge in [0.1, 0.15) is 18.8 Å². The molecule has 1 atom stereocenters. The number of aromatic nitrogens is 2. The molecule has 148 valence electrons. The summed E-state index contributed by atoms with van der Waals surface area (Å²) in [4.78, 5) is 21.2. The smallest absolute Gasteiger partial charge is 0.242 e. The van der Waals surface area contributed by atoms with Crippen LogP contribution < -0.4 is 20.5 Å². The number of carbonyl (C=O) groups excluding carboxylic acids is 1. The van der Waals surface area contributed by atoms with Gasteiger partial charge in [-0.25, -0.2) is 0 Å². The molecule has 7 heteroatoms. The Hall–Kier alpha value is -3.45. The fourth-order valence-corrected chi connectivity index (χ4v) is 3.46. The quantitative estimate of drug-likeness (QED) is 0.640. The number of fused-ring (bicyclic) bond motifs is 1. The van der Waals surface area contributed by atoms with Crippen molar-refractivity contribution in [3.8, 4) is 11.5 Å². The second-order valence-corrected chi connectivity index (χ2v) is 6.88. The van der Waals surface area contributed by atoms with Gasteiger partial charge in [-0.3, -0.25) is 20.1 Å². The highest BCUT2D eigenvalue weighted by Crippen LogP contribution is 2.36. The number of rotatable bonds is 7. The monoisotopic (exact) mass is 390 g/mol. The summed E-state index contributed by atoms with van der Waals surface area (Å²) in [5.74, 6) is 0.780. The van der Waals surface area contributed by atoms with Crippen LogP contribution in [0.25, 0.3) is 0 Å². The Labute approximate surface area is 168 Å². The van der Waals surface area contributed by atoms with E-state index in [9.17, 15) is 4.79 Å². The maximum atomic E-state index is 12.9. The van der Waals surface area contributed by atoms with Crippen molar-refractivity contribution >= 4 is 5.91 Å². The van der Waals surface area contributed by atoms with Crippen LogP contribution in [-0.2, 0) is 23.3 Å². The maximum absolute atomic E-state index is 12.9. The SMILES string of the molecule is NC(=O)C(Cc1cccnc1)(NCc1cccnc1)c1ccc2c(c1)OCCO2. The van der Waals surface area contributed by atoms with Gasteiger partial charge in [0.15, 0.2) is 11.5 Å². The van der Waals surface area contributed by atoms with Crippen LogP contribution in [0.2, 0.25) is 0 Å². The van der Waals surface area contributed by atoms with Crippen LogP contribution in [0.4, 0.5) is 0 Å². The van der Waals surface area contributed by atoms with Crippen molar-refractivity contribution in [1.82, 2.24) is 15.3 Å². The lowest BCUT2D eigenvalue weighted by molar-refractivity contribution is -0.125. The summed E-state index contributed by atoms with van der Waals surface area (Å²) in [7, 11) is 0. The van der Waals surface area contributed by atoms with Gasteiger partial charge in [-0.2, -0.15) is 0 Å². The van der Waals surface area contributed by atoms with Crippen LogP contribution in [0, 0.1) is 0 Å². The first-order valence-electron chi connectivity index (χ1n) is 9.40. The standard InChI is InChI=1S/C22H22N4O3/c23-21(27)22(12-16-3-1-7-24-13-16,26-15-17-4-2-8-25-14-17)18-5-6-19-20(11-18)29-10-9-28-19/h1-8,11,13-14,26H,9-10,12,15H2,(H2,23,27). The molecule has 29 heavy (non-hydrogen) atoms. The van der Waals surface area contributed by atoms with E-state index in [4.69, 9.17) is 15.2 Å². The van der Waals surface area contributed by atoms with Gasteiger partial charge in [0.05, 0.1) is 0 Å². The molecule has 1 unspecified atom stereocenters. The summed E-state index contributed by atoms with van der Waals surface area (Å²) >= 11 is 0. The second kappa shape index (κ2) is 8.28. The number of nitrogens with two attached hydrogens (primary N) is 1. The fraction of sp³-hybridized carbons (Fsp3) is 0.227. The zero-order chi connectivity index (χ0) is 20.1. The van der Waals surface area contributed by atoms with Gasteiger partial charge < -0.3 is 15.2 Å². The largest absolute Gasteiger partial charge is 0.486 e. The van der Waals surface area contributed by atoms with Crippen LogP contribution in [0.1, 0.15) is 16.7 Å². The topological polar surface area (TPSA) is 99.4 Å². The highest BCUT2D eigenvalue weighted by atomic mass is 16.6. The molecule has 3 aromatic rings. The van der Waals surface area contributed by atoms with E-state index < -0.39 is 11.4 Å². The average molecular weight is 390 g/mol. The summed E-state index contributed by atoms with van der Waals surface area (Å²) in [6, 6.07) is 13.1. The molecule has 1 aromatic carbocycles. The molecule has 2 aromatic heterocycles. The lowest BCUT2D eigenvalue weighted by atomic mass is 9.82. The first-order chi connectivity index (χ1) is 14.2. The predicted octanol–water partition coefficient (Wildman–Crippen LogP) is 1.96. The fourth-order valence-electron chi connectivity index (χ4n) is 3.46. The zero-order valence-electron chi connectivity index (χ0n) is 15.9. The second-order valence-electron chi connectivity index (χ2n) is 6.88. The van der Waals surface area contributed by atoms with Gasteiger partial charge in [0, 0.05) is 37.8 Å². The Morgan fingerprint density at radius 1 is 1.00 bits per heavy atom. The highest BCUT2D eigenvalue weighted by molar-refractivity contribution is 5.87. The third-order valence-corrected chi connectivity index (χ3v) is 4.96. The number of nitrogens with zero attached hydrogens (tertiary/aromatic N) is 2. The number of hydrogen-bond acceptors (Lipinski definition) is 6. The zero-order valence-corrected chi connectivity index (χ0v) is 15.9. The number of nitrogens with one attached hydrogen (secondary N) is 1. The molecule has 7 nitrogen and oxygen atoms in total. The molecule has 1 aliphatic heterocycles. The predicted molar refractivity (Wildman–Crippen MR) is 107 cm³/mol. The van der Waals surface area contributed by atoms with Crippen LogP contribution in [0.3, 0.4) is 0 Å². The molecular weight excluding hydrogens is 368 g/mol. The number of ether oxygens (including phenoxy) is 2. The van der Waals surface area contributed by atoms with E-state index in [-0.39, 0.29) is 0 Å². The van der Waals surface area contributed by atoms with Crippen LogP contribution in [0.15, 0.2) is 67.3 Å². The summed E-state index contributed by atoms with van der Waals surface area (Å²) < 4.78 is 11.3.